The normalized spacial score (nSPS) is 10.9. The predicted octanol–water partition coefficient (Wildman–Crippen LogP) is 2.72. The Balaban J connectivity index is 2.13. The highest BCUT2D eigenvalue weighted by Crippen LogP contribution is 2.20. The topological polar surface area (TPSA) is 59.6 Å². The lowest BCUT2D eigenvalue weighted by molar-refractivity contribution is 0.799. The van der Waals surface area contributed by atoms with E-state index in [4.69, 9.17) is 18.0 Å². The molecular weight excluding hydrogens is 244 g/mol. The zero-order valence-corrected chi connectivity index (χ0v) is 10.4. The van der Waals surface area contributed by atoms with Gasteiger partial charge in [0.25, 0.3) is 0 Å². The van der Waals surface area contributed by atoms with Gasteiger partial charge >= 0.3 is 0 Å². The van der Waals surface area contributed by atoms with Crippen LogP contribution in [0.2, 0.25) is 0 Å². The molecule has 0 amide bonds. The molecule has 0 unspecified atom stereocenters. The van der Waals surface area contributed by atoms with Crippen molar-refractivity contribution < 1.29 is 0 Å². The maximum Gasteiger partial charge on any atom is 0.220 e. The third-order valence-corrected chi connectivity index (χ3v) is 3.31. The Morgan fingerprint density at radius 3 is 2.72 bits per heavy atom. The molecule has 0 bridgehead atoms. The van der Waals surface area contributed by atoms with E-state index in [1.165, 1.54) is 16.3 Å². The quantitative estimate of drug-likeness (QED) is 0.693. The molecule has 4 nitrogen and oxygen atoms in total. The third-order valence-electron chi connectivity index (χ3n) is 3.00. The van der Waals surface area contributed by atoms with E-state index in [2.05, 4.69) is 34.5 Å². The Bertz CT molecular complexity index is 752. The molecule has 1 heterocycles. The fourth-order valence-electron chi connectivity index (χ4n) is 2.08. The third kappa shape index (κ3) is 1.78. The first-order valence-electron chi connectivity index (χ1n) is 5.63. The molecule has 3 N–H and O–H groups in total. The van der Waals surface area contributed by atoms with Crippen molar-refractivity contribution in [2.24, 2.45) is 0 Å². The van der Waals surface area contributed by atoms with Gasteiger partial charge in [-0.1, -0.05) is 42.5 Å². The van der Waals surface area contributed by atoms with Crippen molar-refractivity contribution in [2.75, 3.05) is 5.73 Å². The SMILES string of the molecule is Nc1n[nH]c(=S)n1Cc1cccc2ccccc12. The van der Waals surface area contributed by atoms with Crippen molar-refractivity contribution in [3.8, 4) is 0 Å². The molecule has 18 heavy (non-hydrogen) atoms. The summed E-state index contributed by atoms with van der Waals surface area (Å²) in [6.45, 7) is 0.628. The second-order valence-corrected chi connectivity index (χ2v) is 4.50. The molecule has 0 aliphatic carbocycles. The number of nitrogens with two attached hydrogens (primary N) is 1. The molecule has 0 radical (unpaired) electrons. The van der Waals surface area contributed by atoms with Crippen molar-refractivity contribution in [2.45, 2.75) is 6.54 Å². The highest BCUT2D eigenvalue weighted by atomic mass is 32.1. The lowest BCUT2D eigenvalue weighted by Gasteiger charge is -2.07. The summed E-state index contributed by atoms with van der Waals surface area (Å²) in [6, 6.07) is 14.5. The van der Waals surface area contributed by atoms with Gasteiger partial charge in [-0.15, -0.1) is 5.10 Å². The smallest absolute Gasteiger partial charge is 0.220 e. The van der Waals surface area contributed by atoms with E-state index in [0.717, 1.165) is 0 Å². The molecule has 0 spiro atoms. The minimum atomic E-state index is 0.410. The van der Waals surface area contributed by atoms with Crippen LogP contribution in [0.25, 0.3) is 10.8 Å². The van der Waals surface area contributed by atoms with Crippen LogP contribution in [0, 0.1) is 4.77 Å². The number of fused-ring (bicyclic) bond motifs is 1. The van der Waals surface area contributed by atoms with Crippen molar-refractivity contribution in [3.05, 3.63) is 52.8 Å². The van der Waals surface area contributed by atoms with E-state index < -0.39 is 0 Å². The largest absolute Gasteiger partial charge is 0.368 e. The minimum absolute atomic E-state index is 0.410. The monoisotopic (exact) mass is 256 g/mol. The lowest BCUT2D eigenvalue weighted by Crippen LogP contribution is -2.05. The van der Waals surface area contributed by atoms with Crippen molar-refractivity contribution in [1.29, 1.82) is 0 Å². The summed E-state index contributed by atoms with van der Waals surface area (Å²) in [5.41, 5.74) is 6.97. The van der Waals surface area contributed by atoms with E-state index >= 15 is 0 Å². The van der Waals surface area contributed by atoms with Crippen molar-refractivity contribution >= 4 is 28.9 Å². The van der Waals surface area contributed by atoms with Crippen LogP contribution >= 0.6 is 12.2 Å². The second kappa shape index (κ2) is 4.27. The fraction of sp³-hybridized carbons (Fsp3) is 0.0769. The average Bonchev–Trinajstić information content (AvgIpc) is 2.71. The molecule has 0 saturated heterocycles. The number of hydrogen-bond acceptors (Lipinski definition) is 3. The molecule has 0 aliphatic rings. The summed E-state index contributed by atoms with van der Waals surface area (Å²) >= 11 is 5.16. The molecule has 3 rings (SSSR count). The minimum Gasteiger partial charge on any atom is -0.368 e. The lowest BCUT2D eigenvalue weighted by atomic mass is 10.0. The maximum atomic E-state index is 5.79. The maximum absolute atomic E-state index is 5.79. The second-order valence-electron chi connectivity index (χ2n) is 4.11. The molecule has 90 valence electrons. The van der Waals surface area contributed by atoms with Crippen LogP contribution in [0.15, 0.2) is 42.5 Å². The Labute approximate surface area is 109 Å². The zero-order valence-electron chi connectivity index (χ0n) is 9.63. The summed E-state index contributed by atoms with van der Waals surface area (Å²) in [4.78, 5) is 0. The first-order chi connectivity index (χ1) is 8.75. The van der Waals surface area contributed by atoms with Gasteiger partial charge < -0.3 is 5.73 Å². The van der Waals surface area contributed by atoms with E-state index in [1.54, 1.807) is 4.57 Å². The van der Waals surface area contributed by atoms with Crippen LogP contribution in [0.4, 0.5) is 5.95 Å². The van der Waals surface area contributed by atoms with E-state index in [9.17, 15) is 0 Å². The van der Waals surface area contributed by atoms with Crippen LogP contribution < -0.4 is 5.73 Å². The number of hydrogen-bond donors (Lipinski definition) is 2. The van der Waals surface area contributed by atoms with E-state index in [-0.39, 0.29) is 0 Å². The summed E-state index contributed by atoms with van der Waals surface area (Å²) in [5, 5.41) is 9.03. The van der Waals surface area contributed by atoms with Gasteiger partial charge in [-0.2, -0.15) is 0 Å². The Morgan fingerprint density at radius 1 is 1.17 bits per heavy atom. The van der Waals surface area contributed by atoms with Crippen LogP contribution in [-0.4, -0.2) is 14.8 Å². The number of aromatic nitrogens is 3. The average molecular weight is 256 g/mol. The van der Waals surface area contributed by atoms with Gasteiger partial charge in [-0.3, -0.25) is 4.57 Å². The summed E-state index contributed by atoms with van der Waals surface area (Å²) in [7, 11) is 0. The molecule has 1 aromatic heterocycles. The number of rotatable bonds is 2. The molecular formula is C13H12N4S. The van der Waals surface area contributed by atoms with Crippen LogP contribution in [0.5, 0.6) is 0 Å². The van der Waals surface area contributed by atoms with Gasteiger partial charge in [0, 0.05) is 0 Å². The highest BCUT2D eigenvalue weighted by Gasteiger charge is 2.05. The Hall–Kier alpha value is -2.14. The number of aromatic amines is 1. The molecule has 3 aromatic rings. The van der Waals surface area contributed by atoms with Crippen LogP contribution in [0.3, 0.4) is 0 Å². The summed E-state index contributed by atoms with van der Waals surface area (Å²) in [5.74, 6) is 0.410. The van der Waals surface area contributed by atoms with Crippen LogP contribution in [-0.2, 0) is 6.54 Å². The Morgan fingerprint density at radius 2 is 1.94 bits per heavy atom. The van der Waals surface area contributed by atoms with Crippen molar-refractivity contribution in [3.63, 3.8) is 0 Å². The molecule has 5 heteroatoms. The van der Waals surface area contributed by atoms with Gasteiger partial charge in [-0.25, -0.2) is 5.10 Å². The molecule has 0 fully saturated rings. The van der Waals surface area contributed by atoms with E-state index in [1.807, 2.05) is 18.2 Å². The van der Waals surface area contributed by atoms with Gasteiger partial charge in [0.15, 0.2) is 4.77 Å². The summed E-state index contributed by atoms with van der Waals surface area (Å²) in [6.07, 6.45) is 0. The number of H-pyrrole nitrogens is 1. The molecule has 0 saturated carbocycles. The summed E-state index contributed by atoms with van der Waals surface area (Å²) < 4.78 is 2.33. The fourth-order valence-corrected chi connectivity index (χ4v) is 2.29. The first kappa shape index (κ1) is 11.0. The zero-order chi connectivity index (χ0) is 12.5. The molecule has 0 aliphatic heterocycles. The Kier molecular flexibility index (Phi) is 2.60. The number of nitrogens with zero attached hydrogens (tertiary/aromatic N) is 2. The van der Waals surface area contributed by atoms with Gasteiger partial charge in [0.1, 0.15) is 0 Å². The highest BCUT2D eigenvalue weighted by molar-refractivity contribution is 7.71. The van der Waals surface area contributed by atoms with E-state index in [0.29, 0.717) is 17.3 Å². The van der Waals surface area contributed by atoms with Gasteiger partial charge in [0.05, 0.1) is 6.54 Å². The first-order valence-corrected chi connectivity index (χ1v) is 6.04. The number of benzene rings is 2. The number of nitrogens with one attached hydrogen (secondary N) is 1. The predicted molar refractivity (Wildman–Crippen MR) is 74.9 cm³/mol. The number of nitrogen functional groups attached to an aromatic ring is 1. The number of anilines is 1. The van der Waals surface area contributed by atoms with Gasteiger partial charge in [-0.05, 0) is 28.6 Å². The van der Waals surface area contributed by atoms with Crippen LogP contribution in [0.1, 0.15) is 5.56 Å². The molecule has 2 aromatic carbocycles. The standard InChI is InChI=1S/C13H12N4S/c14-12-15-16-13(18)17(12)8-10-6-3-5-9-4-1-2-7-11(9)10/h1-7H,8H2,(H2,14,15)(H,16,18). The molecule has 0 atom stereocenters. The van der Waals surface area contributed by atoms with Crippen molar-refractivity contribution in [1.82, 2.24) is 14.8 Å². The van der Waals surface area contributed by atoms with Gasteiger partial charge in [0.2, 0.25) is 5.95 Å².